The van der Waals surface area contributed by atoms with E-state index in [0.717, 1.165) is 64.7 Å². The molecule has 6 heteroatoms. The summed E-state index contributed by atoms with van der Waals surface area (Å²) in [4.78, 5) is 17.2. The van der Waals surface area contributed by atoms with E-state index in [1.165, 1.54) is 0 Å². The number of benzene rings is 2. The molecule has 2 heterocycles. The minimum absolute atomic E-state index is 0.0364. The molecule has 6 rings (SSSR count). The summed E-state index contributed by atoms with van der Waals surface area (Å²) in [5, 5.41) is 10.2. The lowest BCUT2D eigenvalue weighted by molar-refractivity contribution is -0.141. The highest BCUT2D eigenvalue weighted by Gasteiger charge is 2.47. The Morgan fingerprint density at radius 3 is 2.73 bits per heavy atom. The number of carbonyl (C=O) groups excluding carboxylic acids is 1. The molecular formula is C27H26N2O4. The molecule has 33 heavy (non-hydrogen) atoms. The van der Waals surface area contributed by atoms with Crippen molar-refractivity contribution in [3.63, 3.8) is 0 Å². The fourth-order valence-corrected chi connectivity index (χ4v) is 5.87. The topological polar surface area (TPSA) is 84.3 Å². The van der Waals surface area contributed by atoms with E-state index in [2.05, 4.69) is 17.1 Å². The van der Waals surface area contributed by atoms with Gasteiger partial charge in [-0.25, -0.2) is 0 Å². The average Bonchev–Trinajstić information content (AvgIpc) is 3.53. The number of H-pyrrole nitrogens is 1. The van der Waals surface area contributed by atoms with E-state index in [9.17, 15) is 10.1 Å². The normalized spacial score (nSPS) is 22.3. The van der Waals surface area contributed by atoms with Crippen LogP contribution < -0.4 is 4.74 Å². The summed E-state index contributed by atoms with van der Waals surface area (Å²) in [5.74, 6) is 0.198. The van der Waals surface area contributed by atoms with Crippen molar-refractivity contribution in [2.45, 2.75) is 56.8 Å². The Kier molecular flexibility index (Phi) is 4.45. The predicted octanol–water partition coefficient (Wildman–Crippen LogP) is 4.97. The number of carbonyl (C=O) groups is 1. The zero-order valence-corrected chi connectivity index (χ0v) is 18.9. The molecule has 1 N–H and O–H groups in total. The van der Waals surface area contributed by atoms with E-state index < -0.39 is 5.79 Å². The molecular weight excluding hydrogens is 416 g/mol. The number of hydrogen-bond donors (Lipinski definition) is 1. The maximum absolute atomic E-state index is 13.7. The first-order chi connectivity index (χ1) is 15.9. The van der Waals surface area contributed by atoms with Crippen molar-refractivity contribution in [2.24, 2.45) is 0 Å². The van der Waals surface area contributed by atoms with E-state index in [0.29, 0.717) is 18.8 Å². The number of aromatic amines is 1. The monoisotopic (exact) mass is 442 g/mol. The molecule has 1 saturated heterocycles. The zero-order chi connectivity index (χ0) is 22.8. The highest BCUT2D eigenvalue weighted by Crippen LogP contribution is 2.53. The minimum Gasteiger partial charge on any atom is -0.491 e. The van der Waals surface area contributed by atoms with Gasteiger partial charge in [0.25, 0.3) is 0 Å². The van der Waals surface area contributed by atoms with Crippen LogP contribution >= 0.6 is 0 Å². The van der Waals surface area contributed by atoms with Gasteiger partial charge in [0, 0.05) is 27.6 Å². The molecule has 3 aromatic rings. The fraction of sp³-hybridized carbons (Fsp3) is 0.407. The van der Waals surface area contributed by atoms with Gasteiger partial charge in [0.15, 0.2) is 11.6 Å². The number of rotatable bonds is 3. The van der Waals surface area contributed by atoms with Gasteiger partial charge in [-0.15, -0.1) is 0 Å². The van der Waals surface area contributed by atoms with Gasteiger partial charge in [0.1, 0.15) is 18.5 Å². The van der Waals surface area contributed by atoms with Gasteiger partial charge in [-0.1, -0.05) is 18.9 Å². The summed E-state index contributed by atoms with van der Waals surface area (Å²) >= 11 is 0. The highest BCUT2D eigenvalue weighted by atomic mass is 16.7. The Hall–Kier alpha value is -3.14. The number of nitriles is 1. The standard InChI is InChI=1S/C27H26N2O4/c1-26(2)32-15-18(33-26)14-31-17-6-8-19-21(12-17)27(9-3-4-10-27)25-23(24(19)30)20-7-5-16(13-28)11-22(20)29-25/h5-8,11-12,18,29H,3-4,9-10,14-15H2,1-2H3. The van der Waals surface area contributed by atoms with Crippen molar-refractivity contribution in [1.82, 2.24) is 4.98 Å². The van der Waals surface area contributed by atoms with Crippen LogP contribution in [0.5, 0.6) is 5.75 Å². The largest absolute Gasteiger partial charge is 0.491 e. The predicted molar refractivity (Wildman–Crippen MR) is 123 cm³/mol. The van der Waals surface area contributed by atoms with Crippen molar-refractivity contribution >= 4 is 16.7 Å². The number of nitrogens with zero attached hydrogens (tertiary/aromatic N) is 1. The second-order valence-electron chi connectivity index (χ2n) is 9.83. The summed E-state index contributed by atoms with van der Waals surface area (Å²) in [6, 6.07) is 13.6. The Balaban J connectivity index is 1.41. The molecule has 3 aliphatic rings. The highest BCUT2D eigenvalue weighted by molar-refractivity contribution is 6.20. The van der Waals surface area contributed by atoms with E-state index in [-0.39, 0.29) is 17.3 Å². The quantitative estimate of drug-likeness (QED) is 0.619. The third kappa shape index (κ3) is 3.11. The molecule has 1 spiro atoms. The SMILES string of the molecule is CC1(C)OCC(COc2ccc3c(c2)C2(CCCC2)c2[nH]c4cc(C#N)ccc4c2C3=O)O1. The van der Waals surface area contributed by atoms with Crippen molar-refractivity contribution in [3.8, 4) is 11.8 Å². The van der Waals surface area contributed by atoms with E-state index in [4.69, 9.17) is 14.2 Å². The molecule has 1 aliphatic heterocycles. The average molecular weight is 443 g/mol. The molecule has 0 amide bonds. The minimum atomic E-state index is -0.582. The summed E-state index contributed by atoms with van der Waals surface area (Å²) in [6.45, 7) is 4.71. The van der Waals surface area contributed by atoms with E-state index >= 15 is 0 Å². The van der Waals surface area contributed by atoms with Gasteiger partial charge in [-0.05, 0) is 62.6 Å². The number of ketones is 1. The molecule has 6 nitrogen and oxygen atoms in total. The van der Waals surface area contributed by atoms with Crippen LogP contribution in [-0.4, -0.2) is 35.9 Å². The van der Waals surface area contributed by atoms with Crippen molar-refractivity contribution in [3.05, 3.63) is 64.3 Å². The van der Waals surface area contributed by atoms with Gasteiger partial charge in [-0.2, -0.15) is 5.26 Å². The third-order valence-electron chi connectivity index (χ3n) is 7.34. The number of aromatic nitrogens is 1. The lowest BCUT2D eigenvalue weighted by atomic mass is 9.67. The van der Waals surface area contributed by atoms with E-state index in [1.807, 2.05) is 38.1 Å². The van der Waals surface area contributed by atoms with E-state index in [1.54, 1.807) is 6.07 Å². The molecule has 2 aromatic carbocycles. The van der Waals surface area contributed by atoms with Crippen LogP contribution in [0.1, 0.15) is 72.3 Å². The Morgan fingerprint density at radius 1 is 1.18 bits per heavy atom. The molecule has 0 bridgehead atoms. The molecule has 0 radical (unpaired) electrons. The molecule has 2 fully saturated rings. The van der Waals surface area contributed by atoms with Crippen molar-refractivity contribution in [1.29, 1.82) is 5.26 Å². The lowest BCUT2D eigenvalue weighted by Crippen LogP contribution is -2.33. The summed E-state index contributed by atoms with van der Waals surface area (Å²) < 4.78 is 17.6. The zero-order valence-electron chi connectivity index (χ0n) is 18.9. The molecule has 2 aliphatic carbocycles. The first-order valence-corrected chi connectivity index (χ1v) is 11.6. The second-order valence-corrected chi connectivity index (χ2v) is 9.83. The summed E-state index contributed by atoms with van der Waals surface area (Å²) in [5.41, 5.74) is 4.76. The van der Waals surface area contributed by atoms with Gasteiger partial charge < -0.3 is 19.2 Å². The van der Waals surface area contributed by atoms with Gasteiger partial charge in [0.05, 0.1) is 23.8 Å². The number of ether oxygens (including phenoxy) is 3. The van der Waals surface area contributed by atoms with Crippen LogP contribution in [0.4, 0.5) is 0 Å². The van der Waals surface area contributed by atoms with Crippen molar-refractivity contribution < 1.29 is 19.0 Å². The van der Waals surface area contributed by atoms with Gasteiger partial charge in [-0.3, -0.25) is 4.79 Å². The first kappa shape index (κ1) is 20.5. The Labute approximate surface area is 192 Å². The van der Waals surface area contributed by atoms with Crippen LogP contribution in [0, 0.1) is 11.3 Å². The van der Waals surface area contributed by atoms with Crippen molar-refractivity contribution in [2.75, 3.05) is 13.2 Å². The summed E-state index contributed by atoms with van der Waals surface area (Å²) in [7, 11) is 0. The summed E-state index contributed by atoms with van der Waals surface area (Å²) in [6.07, 6.45) is 4.07. The molecule has 1 aromatic heterocycles. The molecule has 168 valence electrons. The van der Waals surface area contributed by atoms with Crippen LogP contribution in [-0.2, 0) is 14.9 Å². The maximum Gasteiger partial charge on any atom is 0.195 e. The molecule has 1 saturated carbocycles. The van der Waals surface area contributed by atoms with Crippen LogP contribution in [0.2, 0.25) is 0 Å². The first-order valence-electron chi connectivity index (χ1n) is 11.6. The van der Waals surface area contributed by atoms with Crippen LogP contribution in [0.3, 0.4) is 0 Å². The number of nitrogens with one attached hydrogen (secondary N) is 1. The smallest absolute Gasteiger partial charge is 0.195 e. The fourth-order valence-electron chi connectivity index (χ4n) is 5.87. The molecule has 1 unspecified atom stereocenters. The Morgan fingerprint density at radius 2 is 2.00 bits per heavy atom. The second kappa shape index (κ2) is 7.18. The number of hydrogen-bond acceptors (Lipinski definition) is 5. The van der Waals surface area contributed by atoms with Crippen LogP contribution in [0.15, 0.2) is 36.4 Å². The maximum atomic E-state index is 13.7. The lowest BCUT2D eigenvalue weighted by Gasteiger charge is -2.35. The third-order valence-corrected chi connectivity index (χ3v) is 7.34. The Bertz CT molecular complexity index is 1320. The van der Waals surface area contributed by atoms with Gasteiger partial charge >= 0.3 is 0 Å². The van der Waals surface area contributed by atoms with Crippen LogP contribution in [0.25, 0.3) is 10.9 Å². The molecule has 1 atom stereocenters. The number of fused-ring (bicyclic) bond motifs is 6. The van der Waals surface area contributed by atoms with Gasteiger partial charge in [0.2, 0.25) is 0 Å².